The van der Waals surface area contributed by atoms with Crippen LogP contribution in [-0.4, -0.2) is 60.6 Å². The summed E-state index contributed by atoms with van der Waals surface area (Å²) in [6, 6.07) is 0. The Morgan fingerprint density at radius 2 is 2.12 bits per heavy atom. The Morgan fingerprint density at radius 3 is 2.88 bits per heavy atom. The molecule has 0 aromatic carbocycles. The standard InChI is InChI=1S/C16H23N5O5/c1-2-3-4-5-10(22)25-6-9-12(23)13(24)16(26-9)21-8-20-11-14(17)18-7-19-15(11)21/h7-9,12-13,16,23-24H,2-6H2,1H3,(H2,17,18,19)/t9-,12-,13-,16-/m1/s1. The van der Waals surface area contributed by atoms with E-state index in [0.29, 0.717) is 17.6 Å². The molecule has 4 atom stereocenters. The number of nitrogens with two attached hydrogens (primary N) is 1. The monoisotopic (exact) mass is 365 g/mol. The van der Waals surface area contributed by atoms with Crippen molar-refractivity contribution in [3.8, 4) is 0 Å². The van der Waals surface area contributed by atoms with Gasteiger partial charge in [-0.05, 0) is 6.42 Å². The number of aromatic nitrogens is 4. The summed E-state index contributed by atoms with van der Waals surface area (Å²) in [5.74, 6) is -0.139. The molecule has 10 nitrogen and oxygen atoms in total. The molecule has 0 radical (unpaired) electrons. The predicted molar refractivity (Wildman–Crippen MR) is 90.8 cm³/mol. The molecule has 1 aliphatic rings. The van der Waals surface area contributed by atoms with Gasteiger partial charge >= 0.3 is 5.97 Å². The van der Waals surface area contributed by atoms with Gasteiger partial charge in [0.15, 0.2) is 17.7 Å². The van der Waals surface area contributed by atoms with Crippen molar-refractivity contribution in [2.45, 2.75) is 57.1 Å². The lowest BCUT2D eigenvalue weighted by Crippen LogP contribution is -2.34. The van der Waals surface area contributed by atoms with Crippen LogP contribution in [0.4, 0.5) is 5.82 Å². The molecule has 1 fully saturated rings. The van der Waals surface area contributed by atoms with Gasteiger partial charge < -0.3 is 25.4 Å². The van der Waals surface area contributed by atoms with Crippen LogP contribution in [0.3, 0.4) is 0 Å². The summed E-state index contributed by atoms with van der Waals surface area (Å²) in [5, 5.41) is 20.6. The molecule has 3 rings (SSSR count). The van der Waals surface area contributed by atoms with Crippen molar-refractivity contribution >= 4 is 23.0 Å². The molecule has 4 N–H and O–H groups in total. The van der Waals surface area contributed by atoms with Crippen molar-refractivity contribution in [1.82, 2.24) is 19.5 Å². The van der Waals surface area contributed by atoms with Crippen molar-refractivity contribution in [3.05, 3.63) is 12.7 Å². The van der Waals surface area contributed by atoms with Gasteiger partial charge in [-0.1, -0.05) is 19.8 Å². The average Bonchev–Trinajstić information content (AvgIpc) is 3.17. The number of hydrogen-bond donors (Lipinski definition) is 3. The minimum atomic E-state index is -1.23. The minimum Gasteiger partial charge on any atom is -0.463 e. The highest BCUT2D eigenvalue weighted by atomic mass is 16.6. The second-order valence-electron chi connectivity index (χ2n) is 6.27. The number of nitrogen functional groups attached to an aromatic ring is 1. The number of rotatable bonds is 7. The molecule has 2 aromatic rings. The van der Waals surface area contributed by atoms with Crippen LogP contribution < -0.4 is 5.73 Å². The van der Waals surface area contributed by atoms with E-state index in [9.17, 15) is 15.0 Å². The highest BCUT2D eigenvalue weighted by Gasteiger charge is 2.44. The maximum absolute atomic E-state index is 11.7. The van der Waals surface area contributed by atoms with Crippen LogP contribution in [0.25, 0.3) is 11.2 Å². The summed E-state index contributed by atoms with van der Waals surface area (Å²) >= 11 is 0. The molecule has 0 aliphatic carbocycles. The van der Waals surface area contributed by atoms with Crippen LogP contribution in [0, 0.1) is 0 Å². The number of imidazole rings is 1. The fraction of sp³-hybridized carbons (Fsp3) is 0.625. The average molecular weight is 365 g/mol. The highest BCUT2D eigenvalue weighted by molar-refractivity contribution is 5.81. The van der Waals surface area contributed by atoms with Crippen molar-refractivity contribution < 1.29 is 24.5 Å². The Morgan fingerprint density at radius 1 is 1.31 bits per heavy atom. The molecule has 2 aromatic heterocycles. The quantitative estimate of drug-likeness (QED) is 0.461. The molecule has 0 spiro atoms. The summed E-state index contributed by atoms with van der Waals surface area (Å²) in [6.07, 6.45) is 1.54. The van der Waals surface area contributed by atoms with E-state index in [1.165, 1.54) is 17.2 Å². The Bertz CT molecular complexity index is 767. The van der Waals surface area contributed by atoms with Crippen LogP contribution in [-0.2, 0) is 14.3 Å². The fourth-order valence-corrected chi connectivity index (χ4v) is 2.92. The first-order valence-electron chi connectivity index (χ1n) is 8.63. The lowest BCUT2D eigenvalue weighted by atomic mass is 10.1. The van der Waals surface area contributed by atoms with Crippen LogP contribution in [0.15, 0.2) is 12.7 Å². The minimum absolute atomic E-state index is 0.135. The van der Waals surface area contributed by atoms with Gasteiger partial charge in [0, 0.05) is 6.42 Å². The van der Waals surface area contributed by atoms with E-state index in [0.717, 1.165) is 19.3 Å². The Hall–Kier alpha value is -2.30. The van der Waals surface area contributed by atoms with Crippen molar-refractivity contribution in [3.63, 3.8) is 0 Å². The third-order valence-electron chi connectivity index (χ3n) is 4.39. The van der Waals surface area contributed by atoms with Gasteiger partial charge in [0.25, 0.3) is 0 Å². The van der Waals surface area contributed by atoms with Gasteiger partial charge in [-0.25, -0.2) is 15.0 Å². The van der Waals surface area contributed by atoms with Crippen LogP contribution in [0.5, 0.6) is 0 Å². The van der Waals surface area contributed by atoms with Gasteiger partial charge in [0.2, 0.25) is 0 Å². The first-order chi connectivity index (χ1) is 12.5. The first-order valence-corrected chi connectivity index (χ1v) is 8.63. The van der Waals surface area contributed by atoms with Gasteiger partial charge in [0.05, 0.1) is 6.33 Å². The number of nitrogens with zero attached hydrogens (tertiary/aromatic N) is 4. The molecular weight excluding hydrogens is 342 g/mol. The Labute approximate surface area is 150 Å². The summed E-state index contributed by atoms with van der Waals surface area (Å²) in [4.78, 5) is 23.8. The van der Waals surface area contributed by atoms with E-state index in [1.807, 2.05) is 6.92 Å². The van der Waals surface area contributed by atoms with Gasteiger partial charge in [-0.15, -0.1) is 0 Å². The highest BCUT2D eigenvalue weighted by Crippen LogP contribution is 2.32. The number of anilines is 1. The molecule has 142 valence electrons. The number of carbonyl (C=O) groups excluding carboxylic acids is 1. The number of carbonyl (C=O) groups is 1. The zero-order valence-corrected chi connectivity index (χ0v) is 14.5. The van der Waals surface area contributed by atoms with Gasteiger partial charge in [-0.2, -0.15) is 0 Å². The molecule has 3 heterocycles. The zero-order valence-electron chi connectivity index (χ0n) is 14.5. The van der Waals surface area contributed by atoms with Crippen LogP contribution in [0.1, 0.15) is 38.8 Å². The maximum atomic E-state index is 11.7. The third-order valence-corrected chi connectivity index (χ3v) is 4.39. The molecule has 0 saturated carbocycles. The number of esters is 1. The summed E-state index contributed by atoms with van der Waals surface area (Å²) in [7, 11) is 0. The maximum Gasteiger partial charge on any atom is 0.305 e. The fourth-order valence-electron chi connectivity index (χ4n) is 2.92. The van der Waals surface area contributed by atoms with Gasteiger partial charge in [-0.3, -0.25) is 9.36 Å². The molecule has 26 heavy (non-hydrogen) atoms. The summed E-state index contributed by atoms with van der Waals surface area (Å²) < 4.78 is 12.3. The van der Waals surface area contributed by atoms with E-state index in [4.69, 9.17) is 15.2 Å². The van der Waals surface area contributed by atoms with Gasteiger partial charge in [0.1, 0.15) is 36.8 Å². The second-order valence-corrected chi connectivity index (χ2v) is 6.27. The lowest BCUT2D eigenvalue weighted by molar-refractivity contribution is -0.150. The van der Waals surface area contributed by atoms with Crippen molar-refractivity contribution in [2.75, 3.05) is 12.3 Å². The molecule has 0 amide bonds. The predicted octanol–water partition coefficient (Wildman–Crippen LogP) is 0.151. The number of aliphatic hydroxyl groups excluding tert-OH is 2. The van der Waals surface area contributed by atoms with E-state index < -0.39 is 24.5 Å². The Balaban J connectivity index is 1.66. The first kappa shape index (κ1) is 18.5. The summed E-state index contributed by atoms with van der Waals surface area (Å²) in [6.45, 7) is 1.91. The largest absolute Gasteiger partial charge is 0.463 e. The van der Waals surface area contributed by atoms with Crippen molar-refractivity contribution in [1.29, 1.82) is 0 Å². The van der Waals surface area contributed by atoms with E-state index in [1.54, 1.807) is 0 Å². The molecule has 10 heteroatoms. The number of unbranched alkanes of at least 4 members (excludes halogenated alkanes) is 2. The number of ether oxygens (including phenoxy) is 2. The zero-order chi connectivity index (χ0) is 18.7. The SMILES string of the molecule is CCCCCC(=O)OC[C@H]1O[C@@H](n2cnc3c(N)ncnc32)[C@H](O)[C@@H]1O. The van der Waals surface area contributed by atoms with Crippen molar-refractivity contribution in [2.24, 2.45) is 0 Å². The lowest BCUT2D eigenvalue weighted by Gasteiger charge is -2.16. The van der Waals surface area contributed by atoms with E-state index in [-0.39, 0.29) is 18.4 Å². The van der Waals surface area contributed by atoms with Crippen LogP contribution in [0.2, 0.25) is 0 Å². The number of fused-ring (bicyclic) bond motifs is 1. The molecule has 0 unspecified atom stereocenters. The molecule has 1 saturated heterocycles. The normalized spacial score (nSPS) is 25.7. The number of aliphatic hydroxyl groups is 2. The summed E-state index contributed by atoms with van der Waals surface area (Å²) in [5.41, 5.74) is 6.51. The molecular formula is C16H23N5O5. The number of hydrogen-bond acceptors (Lipinski definition) is 9. The Kier molecular flexibility index (Phi) is 5.64. The molecule has 1 aliphatic heterocycles. The van der Waals surface area contributed by atoms with E-state index in [2.05, 4.69) is 15.0 Å². The second kappa shape index (κ2) is 7.94. The van der Waals surface area contributed by atoms with E-state index >= 15 is 0 Å². The van der Waals surface area contributed by atoms with Crippen LogP contribution >= 0.6 is 0 Å². The topological polar surface area (TPSA) is 146 Å². The smallest absolute Gasteiger partial charge is 0.305 e. The molecule has 0 bridgehead atoms. The third kappa shape index (κ3) is 3.62.